The highest BCUT2D eigenvalue weighted by Gasteiger charge is 2.32. The van der Waals surface area contributed by atoms with Gasteiger partial charge in [0.05, 0.1) is 0 Å². The lowest BCUT2D eigenvalue weighted by atomic mass is 9.96. The molecule has 1 unspecified atom stereocenters. The second-order valence-electron chi connectivity index (χ2n) is 6.01. The largest absolute Gasteiger partial charge is 0.360 e. The number of nitrogens with one attached hydrogen (secondary N) is 1. The summed E-state index contributed by atoms with van der Waals surface area (Å²) in [6, 6.07) is 10.7. The summed E-state index contributed by atoms with van der Waals surface area (Å²) in [6.07, 6.45) is 1.09. The highest BCUT2D eigenvalue weighted by molar-refractivity contribution is 8.14. The molecule has 0 amide bonds. The van der Waals surface area contributed by atoms with Crippen LogP contribution in [0.1, 0.15) is 39.7 Å². The third-order valence-electron chi connectivity index (χ3n) is 3.03. The maximum absolute atomic E-state index is 4.60. The Bertz CT molecular complexity index is 434. The minimum atomic E-state index is 0.0702. The second-order valence-corrected chi connectivity index (χ2v) is 7.50. The van der Waals surface area contributed by atoms with Crippen molar-refractivity contribution in [3.05, 3.63) is 35.9 Å². The second kappa shape index (κ2) is 4.96. The summed E-state index contributed by atoms with van der Waals surface area (Å²) >= 11 is 1.85. The summed E-state index contributed by atoms with van der Waals surface area (Å²) in [6.45, 7) is 9.72. The number of benzene rings is 1. The molecule has 3 heteroatoms. The van der Waals surface area contributed by atoms with E-state index < -0.39 is 0 Å². The van der Waals surface area contributed by atoms with Crippen molar-refractivity contribution in [3.63, 3.8) is 0 Å². The van der Waals surface area contributed by atoms with Gasteiger partial charge < -0.3 is 5.32 Å². The van der Waals surface area contributed by atoms with Gasteiger partial charge >= 0.3 is 0 Å². The number of hydrogen-bond acceptors (Lipinski definition) is 3. The first kappa shape index (κ1) is 13.5. The smallest absolute Gasteiger partial charge is 0.157 e. The lowest BCUT2D eigenvalue weighted by Gasteiger charge is -2.35. The summed E-state index contributed by atoms with van der Waals surface area (Å²) < 4.78 is 0.136. The molecular formula is C15H22N2S. The van der Waals surface area contributed by atoms with Crippen molar-refractivity contribution in [3.8, 4) is 0 Å². The Kier molecular flexibility index (Phi) is 3.71. The van der Waals surface area contributed by atoms with Crippen LogP contribution in [0, 0.1) is 0 Å². The van der Waals surface area contributed by atoms with E-state index in [2.05, 4.69) is 68.3 Å². The summed E-state index contributed by atoms with van der Waals surface area (Å²) in [5.74, 6) is 0. The number of aliphatic imine (C=N–C) groups is 1. The van der Waals surface area contributed by atoms with Gasteiger partial charge in [-0.15, -0.1) is 0 Å². The zero-order valence-electron chi connectivity index (χ0n) is 11.7. The standard InChI is InChI=1S/C15H22N2S/c1-14(2,3)17-13-16-11-10-15(4,18-13)12-8-6-5-7-9-12/h5-9H,10-11H2,1-4H3,(H,16,17). The van der Waals surface area contributed by atoms with Gasteiger partial charge in [0.2, 0.25) is 0 Å². The van der Waals surface area contributed by atoms with Crippen molar-refractivity contribution in [1.29, 1.82) is 0 Å². The molecule has 1 aliphatic rings. The van der Waals surface area contributed by atoms with E-state index in [1.807, 2.05) is 11.8 Å². The average Bonchev–Trinajstić information content (AvgIpc) is 2.28. The number of thioether (sulfide) groups is 1. The highest BCUT2D eigenvalue weighted by atomic mass is 32.2. The molecule has 0 aromatic heterocycles. The van der Waals surface area contributed by atoms with Gasteiger partial charge in [-0.3, -0.25) is 4.99 Å². The molecule has 0 fully saturated rings. The van der Waals surface area contributed by atoms with E-state index in [0.717, 1.165) is 18.1 Å². The minimum absolute atomic E-state index is 0.0702. The lowest BCUT2D eigenvalue weighted by molar-refractivity contribution is 0.511. The fourth-order valence-corrected chi connectivity index (χ4v) is 3.43. The molecule has 18 heavy (non-hydrogen) atoms. The van der Waals surface area contributed by atoms with Crippen molar-refractivity contribution in [2.45, 2.75) is 44.4 Å². The molecule has 0 saturated heterocycles. The molecule has 0 bridgehead atoms. The van der Waals surface area contributed by atoms with Gasteiger partial charge in [0, 0.05) is 16.8 Å². The van der Waals surface area contributed by atoms with E-state index in [4.69, 9.17) is 0 Å². The molecule has 2 nitrogen and oxygen atoms in total. The molecule has 1 aromatic rings. The Morgan fingerprint density at radius 1 is 1.22 bits per heavy atom. The molecule has 1 N–H and O–H groups in total. The molecule has 2 rings (SSSR count). The van der Waals surface area contributed by atoms with E-state index in [1.54, 1.807) is 0 Å². The first-order valence-corrected chi connectivity index (χ1v) is 7.28. The van der Waals surface area contributed by atoms with Crippen molar-refractivity contribution in [1.82, 2.24) is 5.32 Å². The summed E-state index contributed by atoms with van der Waals surface area (Å²) in [5.41, 5.74) is 1.46. The Morgan fingerprint density at radius 2 is 1.89 bits per heavy atom. The molecule has 1 aromatic carbocycles. The van der Waals surface area contributed by atoms with E-state index in [9.17, 15) is 0 Å². The van der Waals surface area contributed by atoms with Gasteiger partial charge in [0.15, 0.2) is 5.17 Å². The molecule has 0 aliphatic carbocycles. The van der Waals surface area contributed by atoms with Crippen molar-refractivity contribution >= 4 is 16.9 Å². The topological polar surface area (TPSA) is 24.4 Å². The molecule has 98 valence electrons. The Labute approximate surface area is 114 Å². The number of hydrogen-bond donors (Lipinski definition) is 1. The highest BCUT2D eigenvalue weighted by Crippen LogP contribution is 2.42. The predicted molar refractivity (Wildman–Crippen MR) is 81.2 cm³/mol. The SMILES string of the molecule is CC(C)(C)NC1=NCCC(C)(c2ccccc2)S1. The van der Waals surface area contributed by atoms with Crippen LogP contribution in [0.3, 0.4) is 0 Å². The third-order valence-corrected chi connectivity index (χ3v) is 4.35. The summed E-state index contributed by atoms with van der Waals surface area (Å²) in [7, 11) is 0. The van der Waals surface area contributed by atoms with E-state index in [0.29, 0.717) is 0 Å². The third kappa shape index (κ3) is 3.29. The molecule has 1 heterocycles. The lowest BCUT2D eigenvalue weighted by Crippen LogP contribution is -2.42. The monoisotopic (exact) mass is 262 g/mol. The van der Waals surface area contributed by atoms with Gasteiger partial charge in [-0.05, 0) is 39.7 Å². The molecule has 0 radical (unpaired) electrons. The zero-order valence-corrected chi connectivity index (χ0v) is 12.5. The van der Waals surface area contributed by atoms with Crippen LogP contribution in [0.2, 0.25) is 0 Å². The summed E-state index contributed by atoms with van der Waals surface area (Å²) in [5, 5.41) is 4.57. The molecule has 1 aliphatic heterocycles. The van der Waals surface area contributed by atoms with Crippen molar-refractivity contribution < 1.29 is 0 Å². The first-order valence-electron chi connectivity index (χ1n) is 6.46. The maximum atomic E-state index is 4.60. The molecular weight excluding hydrogens is 240 g/mol. The van der Waals surface area contributed by atoms with Crippen molar-refractivity contribution in [2.75, 3.05) is 6.54 Å². The first-order chi connectivity index (χ1) is 8.39. The fraction of sp³-hybridized carbons (Fsp3) is 0.533. The zero-order chi connectivity index (χ0) is 13.2. The number of amidine groups is 1. The van der Waals surface area contributed by atoms with Gasteiger partial charge in [0.1, 0.15) is 0 Å². The molecule has 0 saturated carbocycles. The normalized spacial score (nSPS) is 24.6. The molecule has 1 atom stereocenters. The van der Waals surface area contributed by atoms with E-state index in [-0.39, 0.29) is 10.3 Å². The van der Waals surface area contributed by atoms with E-state index >= 15 is 0 Å². The van der Waals surface area contributed by atoms with Gasteiger partial charge in [-0.2, -0.15) is 0 Å². The van der Waals surface area contributed by atoms with Crippen LogP contribution in [-0.2, 0) is 4.75 Å². The summed E-state index contributed by atoms with van der Waals surface area (Å²) in [4.78, 5) is 4.60. The average molecular weight is 262 g/mol. The van der Waals surface area contributed by atoms with Crippen LogP contribution in [-0.4, -0.2) is 17.3 Å². The van der Waals surface area contributed by atoms with Crippen LogP contribution in [0.4, 0.5) is 0 Å². The Hall–Kier alpha value is -0.960. The van der Waals surface area contributed by atoms with Gasteiger partial charge in [0.25, 0.3) is 0 Å². The number of rotatable bonds is 1. The Morgan fingerprint density at radius 3 is 2.50 bits per heavy atom. The van der Waals surface area contributed by atoms with Crippen LogP contribution in [0.15, 0.2) is 35.3 Å². The quantitative estimate of drug-likeness (QED) is 0.833. The maximum Gasteiger partial charge on any atom is 0.157 e. The number of nitrogens with zero attached hydrogens (tertiary/aromatic N) is 1. The van der Waals surface area contributed by atoms with Crippen LogP contribution in [0.5, 0.6) is 0 Å². The predicted octanol–water partition coefficient (Wildman–Crippen LogP) is 3.78. The van der Waals surface area contributed by atoms with Crippen LogP contribution < -0.4 is 5.32 Å². The fourth-order valence-electron chi connectivity index (χ4n) is 2.05. The van der Waals surface area contributed by atoms with Crippen LogP contribution in [0.25, 0.3) is 0 Å². The van der Waals surface area contributed by atoms with Crippen LogP contribution >= 0.6 is 11.8 Å². The van der Waals surface area contributed by atoms with Gasteiger partial charge in [-0.1, -0.05) is 42.1 Å². The van der Waals surface area contributed by atoms with Crippen molar-refractivity contribution in [2.24, 2.45) is 4.99 Å². The van der Waals surface area contributed by atoms with Gasteiger partial charge in [-0.25, -0.2) is 0 Å². The molecule has 0 spiro atoms. The van der Waals surface area contributed by atoms with E-state index in [1.165, 1.54) is 5.56 Å². The minimum Gasteiger partial charge on any atom is -0.360 e. The Balaban J connectivity index is 2.16.